The van der Waals surface area contributed by atoms with Gasteiger partial charge in [0.15, 0.2) is 6.10 Å². The number of hydrogen-bond donors (Lipinski definition) is 1. The Morgan fingerprint density at radius 1 is 0.886 bits per heavy atom. The van der Waals surface area contributed by atoms with Crippen molar-refractivity contribution in [3.63, 3.8) is 0 Å². The molecular weight excluding hydrogens is 444 g/mol. The van der Waals surface area contributed by atoms with Crippen molar-refractivity contribution in [2.45, 2.75) is 12.1 Å². The highest BCUT2D eigenvalue weighted by atomic mass is 16.5. The van der Waals surface area contributed by atoms with E-state index in [1.54, 1.807) is 27.7 Å². The Hall–Kier alpha value is -4.46. The first-order valence-electron chi connectivity index (χ1n) is 11.2. The number of nitrogens with zero attached hydrogens (tertiary/aromatic N) is 3. The van der Waals surface area contributed by atoms with Crippen LogP contribution in [0.4, 0.5) is 5.95 Å². The van der Waals surface area contributed by atoms with Gasteiger partial charge >= 0.3 is 0 Å². The highest BCUT2D eigenvalue weighted by molar-refractivity contribution is 5.85. The number of fused-ring (bicyclic) bond motifs is 3. The number of ether oxygens (including phenoxy) is 4. The standard InChI is InChI=1S/C27H24N4O4/c1-32-17-10-8-16(9-11-17)25-23-24(30-27-28-15-29-31(25)27)19-6-4-5-7-21(19)35-26(23)20-13-12-18(33-2)14-22(20)34-3/h4-15,25-26H,1-3H3,(H,28,29,30). The number of para-hydroxylation sites is 1. The maximum absolute atomic E-state index is 6.69. The number of aromatic nitrogens is 3. The van der Waals surface area contributed by atoms with E-state index in [-0.39, 0.29) is 6.04 Å². The Labute approximate surface area is 202 Å². The zero-order valence-corrected chi connectivity index (χ0v) is 19.6. The van der Waals surface area contributed by atoms with Crippen LogP contribution in [0.15, 0.2) is 78.6 Å². The summed E-state index contributed by atoms with van der Waals surface area (Å²) < 4.78 is 25.2. The molecule has 3 aromatic carbocycles. The molecule has 2 aliphatic heterocycles. The lowest BCUT2D eigenvalue weighted by molar-refractivity contribution is 0.217. The van der Waals surface area contributed by atoms with Crippen LogP contribution in [-0.2, 0) is 0 Å². The number of benzene rings is 3. The Bertz CT molecular complexity index is 1430. The van der Waals surface area contributed by atoms with Gasteiger partial charge in [0.25, 0.3) is 0 Å². The zero-order valence-electron chi connectivity index (χ0n) is 19.6. The normalized spacial score (nSPS) is 17.9. The molecule has 4 aromatic rings. The van der Waals surface area contributed by atoms with Gasteiger partial charge in [-0.25, -0.2) is 4.68 Å². The van der Waals surface area contributed by atoms with Crippen LogP contribution >= 0.6 is 0 Å². The minimum absolute atomic E-state index is 0.264. The van der Waals surface area contributed by atoms with Gasteiger partial charge in [-0.05, 0) is 42.0 Å². The van der Waals surface area contributed by atoms with Crippen molar-refractivity contribution in [2.75, 3.05) is 26.6 Å². The first-order chi connectivity index (χ1) is 17.2. The second-order valence-corrected chi connectivity index (χ2v) is 8.26. The van der Waals surface area contributed by atoms with Crippen molar-refractivity contribution in [2.24, 2.45) is 0 Å². The quantitative estimate of drug-likeness (QED) is 0.448. The lowest BCUT2D eigenvalue weighted by Crippen LogP contribution is -2.32. The van der Waals surface area contributed by atoms with Crippen LogP contribution in [-0.4, -0.2) is 36.1 Å². The smallest absolute Gasteiger partial charge is 0.226 e. The SMILES string of the molecule is COc1ccc(C2C3=C(Nc4ncnn42)c2ccccc2OC3c2ccc(OC)cc2OC)cc1. The molecule has 2 aliphatic rings. The van der Waals surface area contributed by atoms with E-state index in [4.69, 9.17) is 18.9 Å². The van der Waals surface area contributed by atoms with Crippen LogP contribution in [0.2, 0.25) is 0 Å². The van der Waals surface area contributed by atoms with E-state index in [9.17, 15) is 0 Å². The second-order valence-electron chi connectivity index (χ2n) is 8.26. The molecule has 0 saturated carbocycles. The Balaban J connectivity index is 1.60. The fourth-order valence-corrected chi connectivity index (χ4v) is 4.82. The van der Waals surface area contributed by atoms with Gasteiger partial charge in [-0.1, -0.05) is 24.3 Å². The average Bonchev–Trinajstić information content (AvgIpc) is 3.39. The van der Waals surface area contributed by atoms with Gasteiger partial charge in [-0.3, -0.25) is 0 Å². The summed E-state index contributed by atoms with van der Waals surface area (Å²) in [6, 6.07) is 21.5. The van der Waals surface area contributed by atoms with Crippen molar-refractivity contribution < 1.29 is 18.9 Å². The molecule has 2 atom stereocenters. The van der Waals surface area contributed by atoms with Crippen LogP contribution in [0.3, 0.4) is 0 Å². The molecular formula is C27H24N4O4. The van der Waals surface area contributed by atoms with Crippen molar-refractivity contribution in [1.82, 2.24) is 14.8 Å². The molecule has 0 amide bonds. The van der Waals surface area contributed by atoms with E-state index < -0.39 is 6.10 Å². The van der Waals surface area contributed by atoms with Gasteiger partial charge in [0.1, 0.15) is 35.4 Å². The first-order valence-corrected chi connectivity index (χ1v) is 11.2. The molecule has 0 bridgehead atoms. The fourth-order valence-electron chi connectivity index (χ4n) is 4.82. The molecule has 35 heavy (non-hydrogen) atoms. The lowest BCUT2D eigenvalue weighted by atomic mass is 9.84. The Morgan fingerprint density at radius 2 is 1.66 bits per heavy atom. The molecule has 0 fully saturated rings. The molecule has 8 heteroatoms. The van der Waals surface area contributed by atoms with E-state index in [1.165, 1.54) is 0 Å². The molecule has 6 rings (SSSR count). The van der Waals surface area contributed by atoms with E-state index >= 15 is 0 Å². The number of nitrogens with one attached hydrogen (secondary N) is 1. The summed E-state index contributed by atoms with van der Waals surface area (Å²) in [6.07, 6.45) is 1.12. The summed E-state index contributed by atoms with van der Waals surface area (Å²) in [6.45, 7) is 0. The minimum atomic E-state index is -0.447. The van der Waals surface area contributed by atoms with Crippen LogP contribution in [0, 0.1) is 0 Å². The second kappa shape index (κ2) is 8.39. The largest absolute Gasteiger partial charge is 0.497 e. The molecule has 1 aromatic heterocycles. The van der Waals surface area contributed by atoms with E-state index in [0.717, 1.165) is 39.5 Å². The summed E-state index contributed by atoms with van der Waals surface area (Å²) in [5, 5.41) is 8.09. The van der Waals surface area contributed by atoms with Gasteiger partial charge in [-0.2, -0.15) is 10.1 Å². The third kappa shape index (κ3) is 3.37. The lowest BCUT2D eigenvalue weighted by Gasteiger charge is -2.39. The topological polar surface area (TPSA) is 79.7 Å². The van der Waals surface area contributed by atoms with Crippen LogP contribution in [0.5, 0.6) is 23.0 Å². The Morgan fingerprint density at radius 3 is 2.43 bits per heavy atom. The van der Waals surface area contributed by atoms with E-state index in [1.807, 2.05) is 65.3 Å². The Kier molecular flexibility index (Phi) is 5.06. The van der Waals surface area contributed by atoms with Gasteiger partial charge in [-0.15, -0.1) is 0 Å². The number of methoxy groups -OCH3 is 3. The maximum atomic E-state index is 6.69. The van der Waals surface area contributed by atoms with Crippen molar-refractivity contribution in [3.8, 4) is 23.0 Å². The predicted octanol–water partition coefficient (Wildman–Crippen LogP) is 4.86. The molecule has 0 aliphatic carbocycles. The molecule has 0 saturated heterocycles. The van der Waals surface area contributed by atoms with Crippen LogP contribution < -0.4 is 24.3 Å². The summed E-state index contributed by atoms with van der Waals surface area (Å²) in [5.74, 6) is 3.63. The molecule has 0 radical (unpaired) electrons. The summed E-state index contributed by atoms with van der Waals surface area (Å²) in [5.41, 5.74) is 4.86. The highest BCUT2D eigenvalue weighted by Crippen LogP contribution is 2.52. The van der Waals surface area contributed by atoms with Gasteiger partial charge < -0.3 is 24.3 Å². The summed E-state index contributed by atoms with van der Waals surface area (Å²) in [4.78, 5) is 4.48. The number of rotatable bonds is 5. The molecule has 8 nitrogen and oxygen atoms in total. The summed E-state index contributed by atoms with van der Waals surface area (Å²) >= 11 is 0. The monoisotopic (exact) mass is 468 g/mol. The van der Waals surface area contributed by atoms with Gasteiger partial charge in [0.2, 0.25) is 5.95 Å². The third-order valence-electron chi connectivity index (χ3n) is 6.48. The fraction of sp³-hybridized carbons (Fsp3) is 0.185. The predicted molar refractivity (Wildman–Crippen MR) is 131 cm³/mol. The molecule has 0 spiro atoms. The summed E-state index contributed by atoms with van der Waals surface area (Å²) in [7, 11) is 4.95. The van der Waals surface area contributed by atoms with E-state index in [2.05, 4.69) is 21.5 Å². The number of hydrogen-bond acceptors (Lipinski definition) is 7. The van der Waals surface area contributed by atoms with Crippen molar-refractivity contribution >= 4 is 11.6 Å². The van der Waals surface area contributed by atoms with Gasteiger partial charge in [0, 0.05) is 22.8 Å². The van der Waals surface area contributed by atoms with Crippen molar-refractivity contribution in [3.05, 3.63) is 95.3 Å². The highest BCUT2D eigenvalue weighted by Gasteiger charge is 2.41. The molecule has 176 valence electrons. The molecule has 3 heterocycles. The minimum Gasteiger partial charge on any atom is -0.497 e. The van der Waals surface area contributed by atoms with Crippen molar-refractivity contribution in [1.29, 1.82) is 0 Å². The average molecular weight is 469 g/mol. The van der Waals surface area contributed by atoms with Crippen LogP contribution in [0.25, 0.3) is 5.70 Å². The van der Waals surface area contributed by atoms with Gasteiger partial charge in [0.05, 0.1) is 27.0 Å². The first kappa shape index (κ1) is 21.1. The van der Waals surface area contributed by atoms with E-state index in [0.29, 0.717) is 17.4 Å². The van der Waals surface area contributed by atoms with Crippen LogP contribution in [0.1, 0.15) is 28.8 Å². The number of anilines is 1. The zero-order chi connectivity index (χ0) is 23.9. The molecule has 1 N–H and O–H groups in total. The third-order valence-corrected chi connectivity index (χ3v) is 6.48. The maximum Gasteiger partial charge on any atom is 0.226 e. The molecule has 2 unspecified atom stereocenters.